The summed E-state index contributed by atoms with van der Waals surface area (Å²) in [6.45, 7) is 2.00. The fraction of sp³-hybridized carbons (Fsp3) is 0.154. The number of carbonyl (C=O) groups is 2. The summed E-state index contributed by atoms with van der Waals surface area (Å²) in [5.41, 5.74) is 3.02. The molecule has 6 heteroatoms. The van der Waals surface area contributed by atoms with Crippen LogP contribution in [0, 0.1) is 0 Å². The number of carbonyl (C=O) groups excluding carboxylic acids is 2. The number of amides is 2. The Balaban J connectivity index is 1.39. The Kier molecular flexibility index (Phi) is 5.44. The lowest BCUT2D eigenvalue weighted by Gasteiger charge is -2.30. The number of imide groups is 1. The normalized spacial score (nSPS) is 13.2. The van der Waals surface area contributed by atoms with Gasteiger partial charge < -0.3 is 0 Å². The first-order valence-electron chi connectivity index (χ1n) is 10.6. The maximum Gasteiger partial charge on any atom is 0.261 e. The molecule has 0 bridgehead atoms. The third kappa shape index (κ3) is 3.88. The van der Waals surface area contributed by atoms with E-state index in [4.69, 9.17) is 0 Å². The van der Waals surface area contributed by atoms with E-state index in [0.29, 0.717) is 37.3 Å². The van der Waals surface area contributed by atoms with Crippen LogP contribution in [0.3, 0.4) is 0 Å². The van der Waals surface area contributed by atoms with Crippen molar-refractivity contribution < 1.29 is 9.59 Å². The second-order valence-corrected chi connectivity index (χ2v) is 7.82. The number of nitrogens with zero attached hydrogens (tertiary/aromatic N) is 4. The Labute approximate surface area is 186 Å². The summed E-state index contributed by atoms with van der Waals surface area (Å²) in [7, 11) is 0. The fourth-order valence-corrected chi connectivity index (χ4v) is 4.18. The summed E-state index contributed by atoms with van der Waals surface area (Å²) in [5.74, 6) is -0.482. The molecule has 2 aromatic heterocycles. The summed E-state index contributed by atoms with van der Waals surface area (Å²) < 4.78 is 0. The summed E-state index contributed by atoms with van der Waals surface area (Å²) in [4.78, 5) is 38.8. The molecule has 0 atom stereocenters. The van der Waals surface area contributed by atoms with E-state index in [9.17, 15) is 9.59 Å². The first kappa shape index (κ1) is 20.0. The molecule has 0 radical (unpaired) electrons. The molecule has 4 aromatic rings. The van der Waals surface area contributed by atoms with Gasteiger partial charge in [-0.1, -0.05) is 36.4 Å². The maximum absolute atomic E-state index is 13.2. The van der Waals surface area contributed by atoms with Crippen molar-refractivity contribution in [3.63, 3.8) is 0 Å². The van der Waals surface area contributed by atoms with Crippen molar-refractivity contribution in [1.82, 2.24) is 19.8 Å². The van der Waals surface area contributed by atoms with Crippen LogP contribution in [0.5, 0.6) is 0 Å². The highest BCUT2D eigenvalue weighted by molar-refractivity contribution is 6.25. The molecule has 0 N–H and O–H groups in total. The molecule has 2 aromatic carbocycles. The quantitative estimate of drug-likeness (QED) is 0.422. The Hall–Kier alpha value is -3.90. The fourth-order valence-electron chi connectivity index (χ4n) is 4.18. The molecule has 3 heterocycles. The Morgan fingerprint density at radius 1 is 0.688 bits per heavy atom. The van der Waals surface area contributed by atoms with Crippen LogP contribution in [-0.4, -0.2) is 44.7 Å². The highest BCUT2D eigenvalue weighted by Crippen LogP contribution is 2.29. The van der Waals surface area contributed by atoms with Crippen LogP contribution in [0.25, 0.3) is 10.8 Å². The van der Waals surface area contributed by atoms with Gasteiger partial charge in [0.25, 0.3) is 11.8 Å². The van der Waals surface area contributed by atoms with Crippen molar-refractivity contribution in [3.05, 3.63) is 108 Å². The van der Waals surface area contributed by atoms with Gasteiger partial charge in [0.15, 0.2) is 0 Å². The topological polar surface area (TPSA) is 66.4 Å². The van der Waals surface area contributed by atoms with Gasteiger partial charge in [-0.25, -0.2) is 0 Å². The minimum absolute atomic E-state index is 0.241. The molecule has 0 spiro atoms. The van der Waals surface area contributed by atoms with Gasteiger partial charge in [-0.3, -0.25) is 29.4 Å². The van der Waals surface area contributed by atoms with Crippen molar-refractivity contribution >= 4 is 22.6 Å². The van der Waals surface area contributed by atoms with E-state index in [1.807, 2.05) is 60.7 Å². The lowest BCUT2D eigenvalue weighted by molar-refractivity contribution is 0.0588. The van der Waals surface area contributed by atoms with Crippen molar-refractivity contribution in [2.45, 2.75) is 13.1 Å². The lowest BCUT2D eigenvalue weighted by atomic mass is 9.94. The number of hydrogen-bond donors (Lipinski definition) is 0. The van der Waals surface area contributed by atoms with Crippen LogP contribution in [0.2, 0.25) is 0 Å². The predicted molar refractivity (Wildman–Crippen MR) is 122 cm³/mol. The van der Waals surface area contributed by atoms with Crippen LogP contribution in [0.1, 0.15) is 32.1 Å². The molecule has 0 saturated carbocycles. The molecule has 0 unspecified atom stereocenters. The highest BCUT2D eigenvalue weighted by Gasteiger charge is 2.32. The van der Waals surface area contributed by atoms with E-state index in [-0.39, 0.29) is 11.8 Å². The SMILES string of the molecule is O=C1c2cccc3cccc(c23)C(=O)N1CCN(Cc1ccccn1)Cc1ccccn1. The van der Waals surface area contributed by atoms with Gasteiger partial charge in [0, 0.05) is 55.1 Å². The van der Waals surface area contributed by atoms with Crippen LogP contribution in [-0.2, 0) is 13.1 Å². The van der Waals surface area contributed by atoms with Crippen molar-refractivity contribution in [2.75, 3.05) is 13.1 Å². The van der Waals surface area contributed by atoms with Gasteiger partial charge >= 0.3 is 0 Å². The lowest BCUT2D eigenvalue weighted by Crippen LogP contribution is -2.44. The molecule has 0 fully saturated rings. The Morgan fingerprint density at radius 3 is 1.75 bits per heavy atom. The molecular formula is C26H22N4O2. The number of aromatic nitrogens is 2. The van der Waals surface area contributed by atoms with Gasteiger partial charge in [-0.2, -0.15) is 0 Å². The molecule has 1 aliphatic rings. The first-order chi connectivity index (χ1) is 15.7. The minimum Gasteiger partial charge on any atom is -0.290 e. The summed E-state index contributed by atoms with van der Waals surface area (Å²) >= 11 is 0. The average Bonchev–Trinajstić information content (AvgIpc) is 2.83. The average molecular weight is 422 g/mol. The highest BCUT2D eigenvalue weighted by atomic mass is 16.2. The zero-order valence-corrected chi connectivity index (χ0v) is 17.5. The third-order valence-corrected chi connectivity index (χ3v) is 5.72. The molecule has 1 aliphatic heterocycles. The summed E-state index contributed by atoms with van der Waals surface area (Å²) in [5, 5.41) is 1.66. The van der Waals surface area contributed by atoms with Gasteiger partial charge in [0.1, 0.15) is 0 Å². The van der Waals surface area contributed by atoms with Gasteiger partial charge in [0.05, 0.1) is 11.4 Å². The minimum atomic E-state index is -0.241. The third-order valence-electron chi connectivity index (χ3n) is 5.72. The van der Waals surface area contributed by atoms with E-state index in [0.717, 1.165) is 22.2 Å². The van der Waals surface area contributed by atoms with Crippen LogP contribution in [0.15, 0.2) is 85.2 Å². The van der Waals surface area contributed by atoms with Crippen LogP contribution in [0.4, 0.5) is 0 Å². The number of rotatable bonds is 7. The zero-order valence-electron chi connectivity index (χ0n) is 17.5. The first-order valence-corrected chi connectivity index (χ1v) is 10.6. The number of pyridine rings is 2. The van der Waals surface area contributed by atoms with Crippen LogP contribution >= 0.6 is 0 Å². The van der Waals surface area contributed by atoms with E-state index in [2.05, 4.69) is 14.9 Å². The summed E-state index contributed by atoms with van der Waals surface area (Å²) in [6, 6.07) is 22.8. The standard InChI is InChI=1S/C26H22N4O2/c31-25-22-11-5-7-19-8-6-12-23(24(19)22)26(32)30(25)16-15-29(17-20-9-1-3-13-27-20)18-21-10-2-4-14-28-21/h1-14H,15-18H2. The molecule has 2 amide bonds. The Morgan fingerprint density at radius 2 is 1.25 bits per heavy atom. The summed E-state index contributed by atoms with van der Waals surface area (Å²) in [6.07, 6.45) is 3.53. The van der Waals surface area contributed by atoms with Crippen molar-refractivity contribution in [2.24, 2.45) is 0 Å². The zero-order chi connectivity index (χ0) is 21.9. The molecular weight excluding hydrogens is 400 g/mol. The molecule has 0 aliphatic carbocycles. The molecule has 32 heavy (non-hydrogen) atoms. The van der Waals surface area contributed by atoms with Crippen molar-refractivity contribution in [3.8, 4) is 0 Å². The molecule has 6 nitrogen and oxygen atoms in total. The van der Waals surface area contributed by atoms with Gasteiger partial charge in [0.2, 0.25) is 0 Å². The van der Waals surface area contributed by atoms with Crippen molar-refractivity contribution in [1.29, 1.82) is 0 Å². The van der Waals surface area contributed by atoms with E-state index >= 15 is 0 Å². The molecule has 158 valence electrons. The smallest absolute Gasteiger partial charge is 0.261 e. The number of hydrogen-bond acceptors (Lipinski definition) is 5. The van der Waals surface area contributed by atoms with Crippen LogP contribution < -0.4 is 0 Å². The van der Waals surface area contributed by atoms with Gasteiger partial charge in [-0.05, 0) is 41.8 Å². The molecule has 5 rings (SSSR count). The monoisotopic (exact) mass is 422 g/mol. The van der Waals surface area contributed by atoms with E-state index in [1.165, 1.54) is 4.90 Å². The maximum atomic E-state index is 13.2. The second-order valence-electron chi connectivity index (χ2n) is 7.82. The number of benzene rings is 2. The second kappa shape index (κ2) is 8.69. The van der Waals surface area contributed by atoms with E-state index in [1.54, 1.807) is 24.5 Å². The Bertz CT molecular complexity index is 1180. The molecule has 0 saturated heterocycles. The van der Waals surface area contributed by atoms with E-state index < -0.39 is 0 Å². The predicted octanol–water partition coefficient (Wildman–Crippen LogP) is 3.93. The largest absolute Gasteiger partial charge is 0.290 e. The van der Waals surface area contributed by atoms with Gasteiger partial charge in [-0.15, -0.1) is 0 Å².